The average Bonchev–Trinajstić information content (AvgIpc) is 3.09. The van der Waals surface area contributed by atoms with Crippen molar-refractivity contribution in [1.29, 1.82) is 0 Å². The van der Waals surface area contributed by atoms with E-state index in [0.29, 0.717) is 34.7 Å². The molecule has 26 heavy (non-hydrogen) atoms. The number of hydrogen-bond donors (Lipinski definition) is 1. The predicted molar refractivity (Wildman–Crippen MR) is 99.4 cm³/mol. The van der Waals surface area contributed by atoms with Gasteiger partial charge in [-0.2, -0.15) is 0 Å². The summed E-state index contributed by atoms with van der Waals surface area (Å²) in [5, 5.41) is 11.4. The topological polar surface area (TPSA) is 77.2 Å². The van der Waals surface area contributed by atoms with Gasteiger partial charge in [-0.1, -0.05) is 29.8 Å². The van der Waals surface area contributed by atoms with E-state index in [2.05, 4.69) is 15.5 Å². The molecule has 0 aliphatic rings. The lowest BCUT2D eigenvalue weighted by Crippen LogP contribution is -2.13. The number of anilines is 1. The number of aromatic nitrogens is 2. The fourth-order valence-electron chi connectivity index (χ4n) is 2.49. The zero-order valence-electron chi connectivity index (χ0n) is 14.5. The highest BCUT2D eigenvalue weighted by Gasteiger charge is 2.13. The van der Waals surface area contributed by atoms with Crippen LogP contribution in [0.2, 0.25) is 5.02 Å². The molecule has 6 nitrogen and oxygen atoms in total. The summed E-state index contributed by atoms with van der Waals surface area (Å²) >= 11 is 5.96. The Morgan fingerprint density at radius 2 is 2.04 bits per heavy atom. The lowest BCUT2D eigenvalue weighted by Gasteiger charge is -2.10. The molecule has 1 amide bonds. The third-order valence-electron chi connectivity index (χ3n) is 3.84. The molecule has 0 unspecified atom stereocenters. The molecule has 0 spiro atoms. The first kappa shape index (κ1) is 17.9. The maximum atomic E-state index is 12.2. The number of methoxy groups -OCH3 is 1. The van der Waals surface area contributed by atoms with E-state index >= 15 is 0 Å². The van der Waals surface area contributed by atoms with Crippen LogP contribution in [-0.2, 0) is 11.2 Å². The van der Waals surface area contributed by atoms with Gasteiger partial charge >= 0.3 is 0 Å². The molecule has 0 saturated heterocycles. The van der Waals surface area contributed by atoms with Crippen molar-refractivity contribution in [1.82, 2.24) is 10.2 Å². The molecule has 3 rings (SSSR count). The van der Waals surface area contributed by atoms with Crippen molar-refractivity contribution in [2.75, 3.05) is 12.4 Å². The molecule has 7 heteroatoms. The largest absolute Gasteiger partial charge is 0.495 e. The van der Waals surface area contributed by atoms with Crippen LogP contribution in [0.5, 0.6) is 5.75 Å². The Labute approximate surface area is 156 Å². The van der Waals surface area contributed by atoms with Gasteiger partial charge in [0.25, 0.3) is 0 Å². The average molecular weight is 372 g/mol. The van der Waals surface area contributed by atoms with Crippen LogP contribution in [0.25, 0.3) is 11.5 Å². The van der Waals surface area contributed by atoms with Crippen molar-refractivity contribution < 1.29 is 13.9 Å². The first-order valence-electron chi connectivity index (χ1n) is 8.08. The second-order valence-corrected chi connectivity index (χ2v) is 6.15. The van der Waals surface area contributed by atoms with Gasteiger partial charge in [0, 0.05) is 23.4 Å². The summed E-state index contributed by atoms with van der Waals surface area (Å²) in [5.41, 5.74) is 2.46. The van der Waals surface area contributed by atoms with Crippen molar-refractivity contribution >= 4 is 23.2 Å². The maximum Gasteiger partial charge on any atom is 0.247 e. The van der Waals surface area contributed by atoms with Gasteiger partial charge in [0.05, 0.1) is 12.8 Å². The fraction of sp³-hybridized carbons (Fsp3) is 0.211. The second kappa shape index (κ2) is 8.01. The first-order valence-corrected chi connectivity index (χ1v) is 8.46. The van der Waals surface area contributed by atoms with Crippen LogP contribution < -0.4 is 10.1 Å². The van der Waals surface area contributed by atoms with Crippen LogP contribution in [-0.4, -0.2) is 23.2 Å². The number of hydrogen-bond acceptors (Lipinski definition) is 5. The van der Waals surface area contributed by atoms with Gasteiger partial charge in [-0.15, -0.1) is 10.2 Å². The number of aryl methyl sites for hydroxylation is 2. The molecule has 2 aromatic carbocycles. The number of ether oxygens (including phenoxy) is 1. The lowest BCUT2D eigenvalue weighted by atomic mass is 10.1. The first-order chi connectivity index (χ1) is 12.6. The van der Waals surface area contributed by atoms with Crippen LogP contribution in [0.1, 0.15) is 17.9 Å². The molecule has 1 heterocycles. The van der Waals surface area contributed by atoms with E-state index in [4.69, 9.17) is 20.8 Å². The van der Waals surface area contributed by atoms with Crippen molar-refractivity contribution in [2.24, 2.45) is 0 Å². The molecule has 0 bridgehead atoms. The Bertz CT molecular complexity index is 924. The molecule has 1 aromatic heterocycles. The number of benzene rings is 2. The minimum Gasteiger partial charge on any atom is -0.495 e. The predicted octanol–water partition coefficient (Wildman–Crippen LogP) is 4.28. The Hall–Kier alpha value is -2.86. The quantitative estimate of drug-likeness (QED) is 0.699. The minimum atomic E-state index is -0.193. The van der Waals surface area contributed by atoms with E-state index < -0.39 is 0 Å². The molecular weight excluding hydrogens is 354 g/mol. The third kappa shape index (κ3) is 4.21. The Morgan fingerprint density at radius 1 is 1.23 bits per heavy atom. The summed E-state index contributed by atoms with van der Waals surface area (Å²) in [6.07, 6.45) is 0.540. The molecule has 0 fully saturated rings. The molecule has 0 atom stereocenters. The van der Waals surface area contributed by atoms with Crippen LogP contribution in [0.15, 0.2) is 46.9 Å². The van der Waals surface area contributed by atoms with Crippen LogP contribution >= 0.6 is 11.6 Å². The van der Waals surface area contributed by atoms with Crippen LogP contribution in [0.3, 0.4) is 0 Å². The summed E-state index contributed by atoms with van der Waals surface area (Å²) in [6.45, 7) is 1.98. The maximum absolute atomic E-state index is 12.2. The number of nitrogens with zero attached hydrogens (tertiary/aromatic N) is 2. The van der Waals surface area contributed by atoms with Gasteiger partial charge in [-0.3, -0.25) is 4.79 Å². The molecule has 0 saturated carbocycles. The van der Waals surface area contributed by atoms with Gasteiger partial charge in [-0.25, -0.2) is 0 Å². The van der Waals surface area contributed by atoms with E-state index in [1.165, 1.54) is 7.11 Å². The van der Waals surface area contributed by atoms with Crippen molar-refractivity contribution in [3.63, 3.8) is 0 Å². The third-order valence-corrected chi connectivity index (χ3v) is 4.08. The minimum absolute atomic E-state index is 0.193. The van der Waals surface area contributed by atoms with Gasteiger partial charge in [-0.05, 0) is 36.8 Å². The summed E-state index contributed by atoms with van der Waals surface area (Å²) in [4.78, 5) is 12.2. The SMILES string of the molecule is COc1ccc(Cl)cc1NC(=O)CCc1nnc(-c2ccccc2C)o1. The van der Waals surface area contributed by atoms with E-state index in [9.17, 15) is 4.79 Å². The molecular formula is C19H18ClN3O3. The number of amides is 1. The van der Waals surface area contributed by atoms with Gasteiger partial charge in [0.15, 0.2) is 0 Å². The zero-order chi connectivity index (χ0) is 18.5. The Balaban J connectivity index is 1.62. The number of carbonyl (C=O) groups is 1. The fourth-order valence-corrected chi connectivity index (χ4v) is 2.66. The highest BCUT2D eigenvalue weighted by Crippen LogP contribution is 2.28. The molecule has 134 valence electrons. The molecule has 0 radical (unpaired) electrons. The lowest BCUT2D eigenvalue weighted by molar-refractivity contribution is -0.116. The highest BCUT2D eigenvalue weighted by atomic mass is 35.5. The van der Waals surface area contributed by atoms with Gasteiger partial charge < -0.3 is 14.5 Å². The Morgan fingerprint density at radius 3 is 2.81 bits per heavy atom. The van der Waals surface area contributed by atoms with Crippen molar-refractivity contribution in [2.45, 2.75) is 19.8 Å². The second-order valence-electron chi connectivity index (χ2n) is 5.71. The normalized spacial score (nSPS) is 10.6. The molecule has 3 aromatic rings. The van der Waals surface area contributed by atoms with E-state index in [0.717, 1.165) is 11.1 Å². The molecule has 0 aliphatic heterocycles. The monoisotopic (exact) mass is 371 g/mol. The standard InChI is InChI=1S/C19H18ClN3O3/c1-12-5-3-4-6-14(12)19-23-22-18(26-19)10-9-17(24)21-15-11-13(20)7-8-16(15)25-2/h3-8,11H,9-10H2,1-2H3,(H,21,24). The van der Waals surface area contributed by atoms with E-state index in [1.54, 1.807) is 18.2 Å². The van der Waals surface area contributed by atoms with E-state index in [1.807, 2.05) is 31.2 Å². The summed E-state index contributed by atoms with van der Waals surface area (Å²) in [6, 6.07) is 12.8. The van der Waals surface area contributed by atoms with Crippen LogP contribution in [0, 0.1) is 6.92 Å². The van der Waals surface area contributed by atoms with Crippen LogP contribution in [0.4, 0.5) is 5.69 Å². The zero-order valence-corrected chi connectivity index (χ0v) is 15.2. The van der Waals surface area contributed by atoms with E-state index in [-0.39, 0.29) is 12.3 Å². The molecule has 0 aliphatic carbocycles. The number of nitrogens with one attached hydrogen (secondary N) is 1. The van der Waals surface area contributed by atoms with Crippen molar-refractivity contribution in [3.05, 3.63) is 58.9 Å². The van der Waals surface area contributed by atoms with Gasteiger partial charge in [0.1, 0.15) is 5.75 Å². The summed E-state index contributed by atoms with van der Waals surface area (Å²) < 4.78 is 10.9. The number of carbonyl (C=O) groups excluding carboxylic acids is 1. The molecule has 1 N–H and O–H groups in total. The summed E-state index contributed by atoms with van der Waals surface area (Å²) in [7, 11) is 1.53. The number of rotatable bonds is 6. The Kier molecular flexibility index (Phi) is 5.53. The summed E-state index contributed by atoms with van der Waals surface area (Å²) in [5.74, 6) is 1.22. The highest BCUT2D eigenvalue weighted by molar-refractivity contribution is 6.31. The van der Waals surface area contributed by atoms with Gasteiger partial charge in [0.2, 0.25) is 17.7 Å². The van der Waals surface area contributed by atoms with Crippen molar-refractivity contribution in [3.8, 4) is 17.2 Å². The smallest absolute Gasteiger partial charge is 0.247 e. The number of halogens is 1.